The molecular weight excluding hydrogens is 402 g/mol. The van der Waals surface area contributed by atoms with Crippen LogP contribution in [0.2, 0.25) is 0 Å². The summed E-state index contributed by atoms with van der Waals surface area (Å²) in [5.41, 5.74) is 3.92. The van der Waals surface area contributed by atoms with Crippen LogP contribution in [0.25, 0.3) is 0 Å². The number of amides is 1. The maximum atomic E-state index is 12.1. The molecule has 0 aliphatic rings. The van der Waals surface area contributed by atoms with E-state index in [1.165, 1.54) is 13.3 Å². The van der Waals surface area contributed by atoms with Crippen molar-refractivity contribution in [1.82, 2.24) is 5.43 Å². The zero-order valence-corrected chi connectivity index (χ0v) is 16.2. The summed E-state index contributed by atoms with van der Waals surface area (Å²) in [5, 5.41) is 16.8. The van der Waals surface area contributed by atoms with Crippen molar-refractivity contribution < 1.29 is 19.4 Å². The number of benzene rings is 2. The van der Waals surface area contributed by atoms with Crippen molar-refractivity contribution >= 4 is 33.7 Å². The number of hydrazone groups is 1. The molecule has 2 aromatic carbocycles. The second-order valence-electron chi connectivity index (χ2n) is 5.38. The number of anilines is 1. The average Bonchev–Trinajstić information content (AvgIpc) is 2.64. The number of hydrogen-bond donors (Lipinski definition) is 3. The highest BCUT2D eigenvalue weighted by molar-refractivity contribution is 9.10. The van der Waals surface area contributed by atoms with Crippen LogP contribution in [0.3, 0.4) is 0 Å². The van der Waals surface area contributed by atoms with E-state index in [4.69, 9.17) is 9.47 Å². The van der Waals surface area contributed by atoms with E-state index in [2.05, 4.69) is 31.8 Å². The van der Waals surface area contributed by atoms with Gasteiger partial charge in [-0.1, -0.05) is 0 Å². The molecule has 0 saturated heterocycles. The van der Waals surface area contributed by atoms with E-state index in [-0.39, 0.29) is 11.7 Å². The summed E-state index contributed by atoms with van der Waals surface area (Å²) >= 11 is 3.23. The number of nitrogens with zero attached hydrogens (tertiary/aromatic N) is 1. The number of phenolic OH excluding ortho intramolecular Hbond substituents is 1. The minimum Gasteiger partial charge on any atom is -0.503 e. The summed E-state index contributed by atoms with van der Waals surface area (Å²) in [4.78, 5) is 12.1. The summed E-state index contributed by atoms with van der Waals surface area (Å²) < 4.78 is 10.6. The molecular formula is C18H20BrN3O4. The number of carbonyl (C=O) groups excluding carboxylic acids is 1. The Bertz CT molecular complexity index is 794. The number of ether oxygens (including phenoxy) is 2. The molecule has 1 atom stereocenters. The van der Waals surface area contributed by atoms with Gasteiger partial charge in [0.1, 0.15) is 11.8 Å². The maximum Gasteiger partial charge on any atom is 0.262 e. The molecule has 0 fully saturated rings. The van der Waals surface area contributed by atoms with Gasteiger partial charge in [-0.05, 0) is 64.8 Å². The molecule has 0 saturated carbocycles. The molecule has 0 bridgehead atoms. The van der Waals surface area contributed by atoms with Crippen LogP contribution in [0, 0.1) is 0 Å². The van der Waals surface area contributed by atoms with Gasteiger partial charge in [-0.2, -0.15) is 5.10 Å². The van der Waals surface area contributed by atoms with Gasteiger partial charge in [-0.3, -0.25) is 4.79 Å². The molecule has 2 rings (SSSR count). The van der Waals surface area contributed by atoms with Gasteiger partial charge < -0.3 is 19.9 Å². The molecule has 8 heteroatoms. The monoisotopic (exact) mass is 421 g/mol. The van der Waals surface area contributed by atoms with E-state index >= 15 is 0 Å². The largest absolute Gasteiger partial charge is 0.503 e. The van der Waals surface area contributed by atoms with E-state index in [9.17, 15) is 9.90 Å². The standard InChI is InChI=1S/C18H20BrN3O4/c1-11(21-13-4-6-14(25-2)7-5-13)18(24)22-20-10-12-8-15(19)17(23)16(9-12)26-3/h4-11,21,23H,1-3H3,(H,22,24)/b20-10+. The predicted octanol–water partition coefficient (Wildman–Crippen LogP) is 3.12. The molecule has 1 unspecified atom stereocenters. The van der Waals surface area contributed by atoms with Crippen molar-refractivity contribution in [3.05, 3.63) is 46.4 Å². The number of methoxy groups -OCH3 is 2. The van der Waals surface area contributed by atoms with Crippen LogP contribution < -0.4 is 20.2 Å². The van der Waals surface area contributed by atoms with E-state index in [0.717, 1.165) is 11.4 Å². The minimum absolute atomic E-state index is 0.00555. The van der Waals surface area contributed by atoms with E-state index in [1.54, 1.807) is 38.3 Å². The van der Waals surface area contributed by atoms with Crippen LogP contribution in [0.5, 0.6) is 17.2 Å². The van der Waals surface area contributed by atoms with Gasteiger partial charge in [0.15, 0.2) is 11.5 Å². The van der Waals surface area contributed by atoms with Crippen LogP contribution in [0.4, 0.5) is 5.69 Å². The number of hydrogen-bond acceptors (Lipinski definition) is 6. The lowest BCUT2D eigenvalue weighted by atomic mass is 10.2. The smallest absolute Gasteiger partial charge is 0.262 e. The lowest BCUT2D eigenvalue weighted by molar-refractivity contribution is -0.121. The van der Waals surface area contributed by atoms with Gasteiger partial charge in [0.2, 0.25) is 0 Å². The van der Waals surface area contributed by atoms with Crippen molar-refractivity contribution in [1.29, 1.82) is 0 Å². The van der Waals surface area contributed by atoms with Crippen LogP contribution in [-0.4, -0.2) is 37.5 Å². The van der Waals surface area contributed by atoms with Crippen LogP contribution in [0.15, 0.2) is 46.0 Å². The van der Waals surface area contributed by atoms with Crippen LogP contribution in [0.1, 0.15) is 12.5 Å². The summed E-state index contributed by atoms with van der Waals surface area (Å²) in [6.45, 7) is 1.73. The molecule has 138 valence electrons. The molecule has 26 heavy (non-hydrogen) atoms. The van der Waals surface area contributed by atoms with Gasteiger partial charge >= 0.3 is 0 Å². The molecule has 0 aliphatic heterocycles. The number of nitrogens with one attached hydrogen (secondary N) is 2. The first-order chi connectivity index (χ1) is 12.4. The third kappa shape index (κ3) is 5.13. The van der Waals surface area contributed by atoms with Crippen molar-refractivity contribution in [3.63, 3.8) is 0 Å². The van der Waals surface area contributed by atoms with Gasteiger partial charge in [0.05, 0.1) is 24.9 Å². The number of carbonyl (C=O) groups is 1. The first-order valence-electron chi connectivity index (χ1n) is 7.74. The Morgan fingerprint density at radius 3 is 2.54 bits per heavy atom. The highest BCUT2D eigenvalue weighted by Crippen LogP contribution is 2.34. The first kappa shape index (κ1) is 19.6. The predicted molar refractivity (Wildman–Crippen MR) is 104 cm³/mol. The summed E-state index contributed by atoms with van der Waals surface area (Å²) in [5.74, 6) is 0.766. The highest BCUT2D eigenvalue weighted by atomic mass is 79.9. The molecule has 0 aromatic heterocycles. The summed E-state index contributed by atoms with van der Waals surface area (Å²) in [6.07, 6.45) is 1.46. The average molecular weight is 422 g/mol. The van der Waals surface area contributed by atoms with Gasteiger partial charge in [-0.25, -0.2) is 5.43 Å². The van der Waals surface area contributed by atoms with E-state index in [0.29, 0.717) is 15.8 Å². The lowest BCUT2D eigenvalue weighted by Gasteiger charge is -2.13. The maximum absolute atomic E-state index is 12.1. The third-order valence-electron chi connectivity index (χ3n) is 3.53. The molecule has 0 aliphatic carbocycles. The molecule has 3 N–H and O–H groups in total. The Morgan fingerprint density at radius 2 is 1.92 bits per heavy atom. The fourth-order valence-electron chi connectivity index (χ4n) is 2.09. The SMILES string of the molecule is COc1ccc(NC(C)C(=O)N/N=C/c2cc(Br)c(O)c(OC)c2)cc1. The minimum atomic E-state index is -0.485. The van der Waals surface area contributed by atoms with E-state index < -0.39 is 6.04 Å². The molecule has 0 heterocycles. The Morgan fingerprint density at radius 1 is 1.23 bits per heavy atom. The molecule has 7 nitrogen and oxygen atoms in total. The van der Waals surface area contributed by atoms with Gasteiger partial charge in [0, 0.05) is 5.69 Å². The highest BCUT2D eigenvalue weighted by Gasteiger charge is 2.12. The van der Waals surface area contributed by atoms with Crippen molar-refractivity contribution in [2.24, 2.45) is 5.10 Å². The molecule has 1 amide bonds. The van der Waals surface area contributed by atoms with Crippen LogP contribution in [-0.2, 0) is 4.79 Å². The van der Waals surface area contributed by atoms with Crippen molar-refractivity contribution in [2.75, 3.05) is 19.5 Å². The second kappa shape index (κ2) is 9.10. The number of phenols is 1. The molecule has 0 radical (unpaired) electrons. The summed E-state index contributed by atoms with van der Waals surface area (Å²) in [6, 6.07) is 10.0. The zero-order chi connectivity index (χ0) is 19.1. The lowest BCUT2D eigenvalue weighted by Crippen LogP contribution is -2.34. The fourth-order valence-corrected chi connectivity index (χ4v) is 2.55. The van der Waals surface area contributed by atoms with Crippen molar-refractivity contribution in [2.45, 2.75) is 13.0 Å². The van der Waals surface area contributed by atoms with Gasteiger partial charge in [-0.15, -0.1) is 0 Å². The number of aromatic hydroxyl groups is 1. The van der Waals surface area contributed by atoms with Gasteiger partial charge in [0.25, 0.3) is 5.91 Å². The topological polar surface area (TPSA) is 92.2 Å². The number of rotatable bonds is 7. The Labute approximate surface area is 160 Å². The second-order valence-corrected chi connectivity index (χ2v) is 6.24. The summed E-state index contributed by atoms with van der Waals surface area (Å²) in [7, 11) is 3.05. The molecule has 0 spiro atoms. The Hall–Kier alpha value is -2.74. The first-order valence-corrected chi connectivity index (χ1v) is 8.54. The third-order valence-corrected chi connectivity index (χ3v) is 4.13. The number of halogens is 1. The quantitative estimate of drug-likeness (QED) is 0.471. The van der Waals surface area contributed by atoms with Crippen molar-refractivity contribution in [3.8, 4) is 17.2 Å². The fraction of sp³-hybridized carbons (Fsp3) is 0.222. The van der Waals surface area contributed by atoms with Crippen LogP contribution >= 0.6 is 15.9 Å². The normalized spacial score (nSPS) is 11.8. The molecule has 2 aromatic rings. The Kier molecular flexibility index (Phi) is 6.85. The van der Waals surface area contributed by atoms with E-state index in [1.807, 2.05) is 12.1 Å². The zero-order valence-electron chi connectivity index (χ0n) is 14.6. The Balaban J connectivity index is 1.94.